The van der Waals surface area contributed by atoms with Crippen LogP contribution in [-0.4, -0.2) is 12.4 Å². The first-order valence-electron chi connectivity index (χ1n) is 6.76. The number of ether oxygens (including phenoxy) is 1. The Kier molecular flexibility index (Phi) is 3.11. The normalized spacial score (nSPS) is 26.5. The molecule has 0 N–H and O–H groups in total. The Bertz CT molecular complexity index is 593. The minimum atomic E-state index is -0.209. The van der Waals surface area contributed by atoms with Crippen LogP contribution in [0.4, 0.5) is 0 Å². The fourth-order valence-corrected chi connectivity index (χ4v) is 3.57. The summed E-state index contributed by atoms with van der Waals surface area (Å²) in [4.78, 5) is -0.209. The number of thioether (sulfide) groups is 1. The van der Waals surface area contributed by atoms with Gasteiger partial charge in [0.2, 0.25) is 0 Å². The van der Waals surface area contributed by atoms with Gasteiger partial charge in [0, 0.05) is 5.75 Å². The standard InChI is InChI=1S/C17H20OS/c1-16(2)11-18-17(3,19-12-16)15-9-8-13-6-4-5-7-14(13)10-15/h4-10H,11-12H2,1-3H3. The van der Waals surface area contributed by atoms with Crippen LogP contribution in [0.3, 0.4) is 0 Å². The van der Waals surface area contributed by atoms with Crippen LogP contribution in [0.1, 0.15) is 26.3 Å². The molecule has 19 heavy (non-hydrogen) atoms. The van der Waals surface area contributed by atoms with Gasteiger partial charge in [-0.2, -0.15) is 0 Å². The molecule has 1 fully saturated rings. The maximum Gasteiger partial charge on any atom is 0.136 e. The summed E-state index contributed by atoms with van der Waals surface area (Å²) in [6.07, 6.45) is 0. The van der Waals surface area contributed by atoms with Crippen LogP contribution < -0.4 is 0 Å². The Balaban J connectivity index is 1.95. The molecule has 1 nitrogen and oxygen atoms in total. The highest BCUT2D eigenvalue weighted by atomic mass is 32.2. The predicted octanol–water partition coefficient (Wildman–Crippen LogP) is 4.80. The molecule has 2 aromatic rings. The van der Waals surface area contributed by atoms with E-state index in [9.17, 15) is 0 Å². The monoisotopic (exact) mass is 272 g/mol. The lowest BCUT2D eigenvalue weighted by Gasteiger charge is -2.41. The molecule has 0 amide bonds. The quantitative estimate of drug-likeness (QED) is 0.737. The second-order valence-electron chi connectivity index (χ2n) is 6.25. The van der Waals surface area contributed by atoms with Crippen molar-refractivity contribution >= 4 is 22.5 Å². The summed E-state index contributed by atoms with van der Waals surface area (Å²) in [5, 5.41) is 2.58. The Labute approximate surface area is 119 Å². The molecular weight excluding hydrogens is 252 g/mol. The summed E-state index contributed by atoms with van der Waals surface area (Å²) in [6, 6.07) is 15.2. The first-order chi connectivity index (χ1) is 8.99. The topological polar surface area (TPSA) is 9.23 Å². The maximum atomic E-state index is 6.18. The maximum absolute atomic E-state index is 6.18. The SMILES string of the molecule is CC1(C)COC(C)(c2ccc3ccccc3c2)SC1. The minimum absolute atomic E-state index is 0.209. The molecule has 0 bridgehead atoms. The summed E-state index contributed by atoms with van der Waals surface area (Å²) in [7, 11) is 0. The van der Waals surface area contributed by atoms with Crippen LogP contribution >= 0.6 is 11.8 Å². The first kappa shape index (κ1) is 13.0. The van der Waals surface area contributed by atoms with Gasteiger partial charge in [-0.15, -0.1) is 11.8 Å². The van der Waals surface area contributed by atoms with Crippen LogP contribution in [0.15, 0.2) is 42.5 Å². The smallest absolute Gasteiger partial charge is 0.136 e. The minimum Gasteiger partial charge on any atom is -0.360 e. The van der Waals surface area contributed by atoms with Gasteiger partial charge < -0.3 is 4.74 Å². The largest absolute Gasteiger partial charge is 0.360 e. The van der Waals surface area contributed by atoms with Crippen LogP contribution in [-0.2, 0) is 9.67 Å². The van der Waals surface area contributed by atoms with E-state index in [2.05, 4.69) is 63.2 Å². The Morgan fingerprint density at radius 1 is 1.00 bits per heavy atom. The van der Waals surface area contributed by atoms with Crippen molar-refractivity contribution in [2.24, 2.45) is 5.41 Å². The summed E-state index contributed by atoms with van der Waals surface area (Å²) in [6.45, 7) is 7.54. The van der Waals surface area contributed by atoms with Gasteiger partial charge in [0.05, 0.1) is 6.61 Å². The van der Waals surface area contributed by atoms with Gasteiger partial charge in [-0.25, -0.2) is 0 Å². The average molecular weight is 272 g/mol. The lowest BCUT2D eigenvalue weighted by Crippen LogP contribution is -2.37. The molecule has 0 radical (unpaired) electrons. The van der Waals surface area contributed by atoms with E-state index in [1.807, 2.05) is 11.8 Å². The van der Waals surface area contributed by atoms with Gasteiger partial charge in [-0.05, 0) is 34.7 Å². The highest BCUT2D eigenvalue weighted by Gasteiger charge is 2.37. The Hall–Kier alpha value is -0.990. The van der Waals surface area contributed by atoms with Crippen LogP contribution in [0, 0.1) is 5.41 Å². The summed E-state index contributed by atoms with van der Waals surface area (Å²) in [5.41, 5.74) is 1.55. The molecule has 2 aromatic carbocycles. The number of hydrogen-bond donors (Lipinski definition) is 0. The zero-order chi connectivity index (χ0) is 13.5. The van der Waals surface area contributed by atoms with E-state index in [4.69, 9.17) is 4.74 Å². The zero-order valence-corrected chi connectivity index (χ0v) is 12.6. The van der Waals surface area contributed by atoms with Gasteiger partial charge >= 0.3 is 0 Å². The molecule has 0 aliphatic carbocycles. The molecule has 3 rings (SSSR count). The van der Waals surface area contributed by atoms with Crippen molar-refractivity contribution in [2.45, 2.75) is 25.7 Å². The van der Waals surface area contributed by atoms with Crippen LogP contribution in [0.25, 0.3) is 10.8 Å². The van der Waals surface area contributed by atoms with E-state index in [1.54, 1.807) is 0 Å². The molecule has 1 heterocycles. The molecule has 0 spiro atoms. The van der Waals surface area contributed by atoms with Crippen LogP contribution in [0.5, 0.6) is 0 Å². The molecular formula is C17H20OS. The van der Waals surface area contributed by atoms with Crippen molar-refractivity contribution in [2.75, 3.05) is 12.4 Å². The van der Waals surface area contributed by atoms with E-state index >= 15 is 0 Å². The van der Waals surface area contributed by atoms with Crippen LogP contribution in [0.2, 0.25) is 0 Å². The predicted molar refractivity (Wildman–Crippen MR) is 83.5 cm³/mol. The van der Waals surface area contributed by atoms with E-state index in [0.717, 1.165) is 12.4 Å². The molecule has 2 heteroatoms. The Morgan fingerprint density at radius 3 is 2.42 bits per heavy atom. The van der Waals surface area contributed by atoms with Gasteiger partial charge in [-0.3, -0.25) is 0 Å². The first-order valence-corrected chi connectivity index (χ1v) is 7.74. The fraction of sp³-hybridized carbons (Fsp3) is 0.412. The second kappa shape index (κ2) is 4.53. The molecule has 1 atom stereocenters. The Morgan fingerprint density at radius 2 is 1.74 bits per heavy atom. The molecule has 1 aliphatic heterocycles. The molecule has 0 aromatic heterocycles. The highest BCUT2D eigenvalue weighted by Crippen LogP contribution is 2.46. The highest BCUT2D eigenvalue weighted by molar-refractivity contribution is 8.00. The third kappa shape index (κ3) is 2.52. The number of benzene rings is 2. The van der Waals surface area contributed by atoms with Crippen molar-refractivity contribution in [1.82, 2.24) is 0 Å². The van der Waals surface area contributed by atoms with E-state index in [1.165, 1.54) is 16.3 Å². The van der Waals surface area contributed by atoms with E-state index < -0.39 is 0 Å². The average Bonchev–Trinajstić information content (AvgIpc) is 2.42. The van der Waals surface area contributed by atoms with Gasteiger partial charge in [0.25, 0.3) is 0 Å². The van der Waals surface area contributed by atoms with Crippen molar-refractivity contribution in [3.63, 3.8) is 0 Å². The molecule has 0 saturated carbocycles. The molecule has 1 saturated heterocycles. The fourth-order valence-electron chi connectivity index (χ4n) is 2.39. The number of hydrogen-bond acceptors (Lipinski definition) is 2. The lowest BCUT2D eigenvalue weighted by molar-refractivity contribution is -0.0166. The van der Waals surface area contributed by atoms with Gasteiger partial charge in [0.1, 0.15) is 4.93 Å². The van der Waals surface area contributed by atoms with E-state index in [-0.39, 0.29) is 10.3 Å². The molecule has 100 valence electrons. The van der Waals surface area contributed by atoms with Crippen molar-refractivity contribution in [3.05, 3.63) is 48.0 Å². The molecule has 1 aliphatic rings. The summed E-state index contributed by atoms with van der Waals surface area (Å²) >= 11 is 1.91. The lowest BCUT2D eigenvalue weighted by atomic mass is 9.97. The summed E-state index contributed by atoms with van der Waals surface area (Å²) in [5.74, 6) is 1.14. The van der Waals surface area contributed by atoms with Crippen molar-refractivity contribution in [3.8, 4) is 0 Å². The third-order valence-corrected chi connectivity index (χ3v) is 5.58. The van der Waals surface area contributed by atoms with Crippen molar-refractivity contribution in [1.29, 1.82) is 0 Å². The number of fused-ring (bicyclic) bond motifs is 1. The molecule has 1 unspecified atom stereocenters. The van der Waals surface area contributed by atoms with Gasteiger partial charge in [-0.1, -0.05) is 50.2 Å². The van der Waals surface area contributed by atoms with Gasteiger partial charge in [0.15, 0.2) is 0 Å². The van der Waals surface area contributed by atoms with Crippen molar-refractivity contribution < 1.29 is 4.74 Å². The third-order valence-electron chi connectivity index (χ3n) is 3.75. The number of rotatable bonds is 1. The summed E-state index contributed by atoms with van der Waals surface area (Å²) < 4.78 is 6.18. The van der Waals surface area contributed by atoms with E-state index in [0.29, 0.717) is 0 Å². The second-order valence-corrected chi connectivity index (χ2v) is 7.61. The zero-order valence-electron chi connectivity index (χ0n) is 11.8.